The number of rotatable bonds is 6. The molecule has 0 aliphatic carbocycles. The largest absolute Gasteiger partial charge is 0.497 e. The van der Waals surface area contributed by atoms with Crippen LogP contribution in [0.15, 0.2) is 53.9 Å². The summed E-state index contributed by atoms with van der Waals surface area (Å²) in [6.07, 6.45) is 4.65. The van der Waals surface area contributed by atoms with Crippen molar-refractivity contribution in [3.05, 3.63) is 48.8 Å². The lowest BCUT2D eigenvalue weighted by Crippen LogP contribution is -2.45. The Morgan fingerprint density at radius 1 is 1.06 bits per heavy atom. The molecule has 1 aromatic carbocycles. The van der Waals surface area contributed by atoms with E-state index in [1.165, 1.54) is 18.2 Å². The van der Waals surface area contributed by atoms with Gasteiger partial charge in [0.1, 0.15) is 5.75 Å². The molecule has 0 saturated carbocycles. The number of piperidine rings is 1. The van der Waals surface area contributed by atoms with Crippen LogP contribution in [-0.4, -0.2) is 56.0 Å². The summed E-state index contributed by atoms with van der Waals surface area (Å²) in [4.78, 5) is 19.3. The number of likely N-dealkylation sites (tertiary alicyclic amines) is 1. The number of amides is 1. The second kappa shape index (κ2) is 9.73. The van der Waals surface area contributed by atoms with E-state index in [1.807, 2.05) is 52.8 Å². The van der Waals surface area contributed by atoms with Gasteiger partial charge in [0, 0.05) is 36.7 Å². The molecule has 2 aromatic heterocycles. The van der Waals surface area contributed by atoms with E-state index >= 15 is 0 Å². The van der Waals surface area contributed by atoms with Crippen LogP contribution >= 0.6 is 11.8 Å². The highest BCUT2D eigenvalue weighted by molar-refractivity contribution is 8.00. The SMILES string of the molecule is COc1ccc(-n2c(S[C@H](C)C(=O)N3C[C@H](C)C[C@H](C)C3)nnc2-c2ccncc2)cc1. The summed E-state index contributed by atoms with van der Waals surface area (Å²) < 4.78 is 7.30. The number of hydrogen-bond donors (Lipinski definition) is 0. The molecule has 8 heteroatoms. The van der Waals surface area contributed by atoms with E-state index in [9.17, 15) is 4.79 Å². The minimum Gasteiger partial charge on any atom is -0.497 e. The Bertz CT molecular complexity index is 1040. The number of carbonyl (C=O) groups excluding carboxylic acids is 1. The van der Waals surface area contributed by atoms with Gasteiger partial charge in [-0.05, 0) is 61.6 Å². The first-order valence-corrected chi connectivity index (χ1v) is 11.8. The number of nitrogens with zero attached hydrogens (tertiary/aromatic N) is 5. The second-order valence-electron chi connectivity index (χ2n) is 8.52. The van der Waals surface area contributed by atoms with Crippen LogP contribution in [0.25, 0.3) is 17.1 Å². The summed E-state index contributed by atoms with van der Waals surface area (Å²) in [6, 6.07) is 11.6. The Kier molecular flexibility index (Phi) is 6.79. The molecule has 1 amide bonds. The van der Waals surface area contributed by atoms with Crippen molar-refractivity contribution >= 4 is 17.7 Å². The maximum atomic E-state index is 13.2. The molecule has 0 radical (unpaired) electrons. The molecule has 4 rings (SSSR count). The molecule has 3 atom stereocenters. The van der Waals surface area contributed by atoms with Crippen molar-refractivity contribution in [3.8, 4) is 22.8 Å². The lowest BCUT2D eigenvalue weighted by atomic mass is 9.92. The molecule has 0 spiro atoms. The van der Waals surface area contributed by atoms with Crippen LogP contribution in [0.4, 0.5) is 0 Å². The van der Waals surface area contributed by atoms with Gasteiger partial charge in [0.15, 0.2) is 11.0 Å². The lowest BCUT2D eigenvalue weighted by molar-refractivity contribution is -0.132. The number of hydrogen-bond acceptors (Lipinski definition) is 6. The summed E-state index contributed by atoms with van der Waals surface area (Å²) in [6.45, 7) is 8.03. The number of aromatic nitrogens is 4. The monoisotopic (exact) mass is 451 g/mol. The molecule has 7 nitrogen and oxygen atoms in total. The number of benzene rings is 1. The van der Waals surface area contributed by atoms with Crippen LogP contribution in [0.2, 0.25) is 0 Å². The van der Waals surface area contributed by atoms with Gasteiger partial charge in [-0.2, -0.15) is 0 Å². The minimum atomic E-state index is -0.265. The molecule has 1 aliphatic rings. The van der Waals surface area contributed by atoms with Crippen LogP contribution in [0.1, 0.15) is 27.2 Å². The number of pyridine rings is 1. The molecule has 1 saturated heterocycles. The number of thioether (sulfide) groups is 1. The Hall–Kier alpha value is -2.87. The third-order valence-electron chi connectivity index (χ3n) is 5.71. The second-order valence-corrected chi connectivity index (χ2v) is 9.83. The van der Waals surface area contributed by atoms with E-state index in [0.29, 0.717) is 22.8 Å². The van der Waals surface area contributed by atoms with Crippen molar-refractivity contribution in [1.29, 1.82) is 0 Å². The predicted molar refractivity (Wildman–Crippen MR) is 126 cm³/mol. The van der Waals surface area contributed by atoms with Gasteiger partial charge in [0.2, 0.25) is 5.91 Å². The van der Waals surface area contributed by atoms with E-state index in [2.05, 4.69) is 29.0 Å². The summed E-state index contributed by atoms with van der Waals surface area (Å²) in [5.74, 6) is 2.70. The van der Waals surface area contributed by atoms with E-state index in [-0.39, 0.29) is 11.2 Å². The zero-order chi connectivity index (χ0) is 22.7. The van der Waals surface area contributed by atoms with Gasteiger partial charge in [0.25, 0.3) is 0 Å². The summed E-state index contributed by atoms with van der Waals surface area (Å²) in [7, 11) is 1.65. The van der Waals surface area contributed by atoms with Crippen molar-refractivity contribution in [3.63, 3.8) is 0 Å². The Balaban J connectivity index is 1.64. The molecular formula is C24H29N5O2S. The molecular weight excluding hydrogens is 422 g/mol. The molecule has 32 heavy (non-hydrogen) atoms. The van der Waals surface area contributed by atoms with Crippen molar-refractivity contribution in [1.82, 2.24) is 24.6 Å². The first kappa shape index (κ1) is 22.3. The normalized spacial score (nSPS) is 19.6. The molecule has 1 aliphatic heterocycles. The van der Waals surface area contributed by atoms with Gasteiger partial charge in [-0.25, -0.2) is 0 Å². The Morgan fingerprint density at radius 3 is 2.34 bits per heavy atom. The molecule has 3 aromatic rings. The van der Waals surface area contributed by atoms with Crippen molar-refractivity contribution in [2.45, 2.75) is 37.6 Å². The highest BCUT2D eigenvalue weighted by Crippen LogP contribution is 2.32. The summed E-state index contributed by atoms with van der Waals surface area (Å²) in [5.41, 5.74) is 1.82. The van der Waals surface area contributed by atoms with Crippen LogP contribution in [0.3, 0.4) is 0 Å². The van der Waals surface area contributed by atoms with E-state index in [4.69, 9.17) is 4.74 Å². The van der Waals surface area contributed by atoms with Gasteiger partial charge < -0.3 is 9.64 Å². The predicted octanol–water partition coefficient (Wildman–Crippen LogP) is 4.32. The van der Waals surface area contributed by atoms with Crippen molar-refractivity contribution in [2.75, 3.05) is 20.2 Å². The van der Waals surface area contributed by atoms with Crippen LogP contribution in [0, 0.1) is 11.8 Å². The molecule has 3 heterocycles. The lowest BCUT2D eigenvalue weighted by Gasteiger charge is -2.36. The third kappa shape index (κ3) is 4.80. The fourth-order valence-electron chi connectivity index (χ4n) is 4.31. The average Bonchev–Trinajstić information content (AvgIpc) is 3.22. The van der Waals surface area contributed by atoms with Crippen molar-refractivity contribution in [2.24, 2.45) is 11.8 Å². The molecule has 1 fully saturated rings. The van der Waals surface area contributed by atoms with E-state index in [0.717, 1.165) is 30.1 Å². The maximum Gasteiger partial charge on any atom is 0.235 e. The summed E-state index contributed by atoms with van der Waals surface area (Å²) >= 11 is 1.45. The van der Waals surface area contributed by atoms with Gasteiger partial charge in [-0.15, -0.1) is 10.2 Å². The van der Waals surface area contributed by atoms with Gasteiger partial charge in [-0.1, -0.05) is 25.6 Å². The Labute approximate surface area is 193 Å². The number of methoxy groups -OCH3 is 1. The molecule has 168 valence electrons. The number of ether oxygens (including phenoxy) is 1. The van der Waals surface area contributed by atoms with Gasteiger partial charge in [0.05, 0.1) is 12.4 Å². The van der Waals surface area contributed by atoms with E-state index in [1.54, 1.807) is 19.5 Å². The van der Waals surface area contributed by atoms with E-state index < -0.39 is 0 Å². The first-order chi connectivity index (χ1) is 15.5. The summed E-state index contributed by atoms with van der Waals surface area (Å²) in [5, 5.41) is 9.34. The maximum absolute atomic E-state index is 13.2. The first-order valence-electron chi connectivity index (χ1n) is 10.9. The average molecular weight is 452 g/mol. The zero-order valence-electron chi connectivity index (χ0n) is 18.9. The van der Waals surface area contributed by atoms with Crippen molar-refractivity contribution < 1.29 is 9.53 Å². The minimum absolute atomic E-state index is 0.156. The smallest absolute Gasteiger partial charge is 0.235 e. The van der Waals surface area contributed by atoms with Crippen LogP contribution < -0.4 is 4.74 Å². The third-order valence-corrected chi connectivity index (χ3v) is 6.74. The molecule has 0 bridgehead atoms. The fourth-order valence-corrected chi connectivity index (χ4v) is 5.26. The number of carbonyl (C=O) groups is 1. The molecule has 0 N–H and O–H groups in total. The fraction of sp³-hybridized carbons (Fsp3) is 0.417. The van der Waals surface area contributed by atoms with Crippen LogP contribution in [0.5, 0.6) is 5.75 Å². The quantitative estimate of drug-likeness (QED) is 0.520. The standard InChI is InChI=1S/C24H29N5O2S/c1-16-13-17(2)15-28(14-16)23(30)18(3)32-24-27-26-22(19-9-11-25-12-10-19)29(24)20-5-7-21(31-4)8-6-20/h5-12,16-18H,13-15H2,1-4H3/t16-,17+,18-/m1/s1. The molecule has 0 unspecified atom stereocenters. The highest BCUT2D eigenvalue weighted by atomic mass is 32.2. The Morgan fingerprint density at radius 2 is 1.72 bits per heavy atom. The highest BCUT2D eigenvalue weighted by Gasteiger charge is 2.30. The topological polar surface area (TPSA) is 73.1 Å². The van der Waals surface area contributed by atoms with Gasteiger partial charge in [-0.3, -0.25) is 14.3 Å². The van der Waals surface area contributed by atoms with Crippen LogP contribution in [-0.2, 0) is 4.79 Å². The zero-order valence-corrected chi connectivity index (χ0v) is 19.7. The van der Waals surface area contributed by atoms with Gasteiger partial charge >= 0.3 is 0 Å².